The van der Waals surface area contributed by atoms with Crippen molar-refractivity contribution in [1.82, 2.24) is 4.31 Å². The van der Waals surface area contributed by atoms with Crippen LogP contribution in [0.5, 0.6) is 0 Å². The van der Waals surface area contributed by atoms with Crippen LogP contribution in [0.4, 0.5) is 8.78 Å². The predicted octanol–water partition coefficient (Wildman–Crippen LogP) is 1.71. The molecule has 1 saturated heterocycles. The summed E-state index contributed by atoms with van der Waals surface area (Å²) in [6.07, 6.45) is 1.28. The van der Waals surface area contributed by atoms with Crippen molar-refractivity contribution in [1.29, 1.82) is 0 Å². The third-order valence-electron chi connectivity index (χ3n) is 4.87. The fraction of sp³-hybridized carbons (Fsp3) is 0.929. The number of sulfonamides is 1. The van der Waals surface area contributed by atoms with Crippen molar-refractivity contribution in [3.05, 3.63) is 0 Å². The smallest absolute Gasteiger partial charge is 0.327 e. The zero-order chi connectivity index (χ0) is 17.3. The Labute approximate surface area is 134 Å². The molecular weight excluding hydrogens is 332 g/mol. The number of hydrogen-bond donors (Lipinski definition) is 1. The predicted molar refractivity (Wildman–Crippen MR) is 78.9 cm³/mol. The van der Waals surface area contributed by atoms with Crippen LogP contribution >= 0.6 is 0 Å². The standard InChI is InChI=1S/C14H23F2NO5S/c1-22-10-13(12(18)19)6-4-8-17(13)23(20,21)9-11-5-2-3-7-14(11,15)16/h11H,2-10H2,1H3,(H,18,19). The van der Waals surface area contributed by atoms with Gasteiger partial charge in [0.1, 0.15) is 0 Å². The summed E-state index contributed by atoms with van der Waals surface area (Å²) in [6, 6.07) is 0. The molecule has 6 nitrogen and oxygen atoms in total. The van der Waals surface area contributed by atoms with Gasteiger partial charge in [-0.3, -0.25) is 4.79 Å². The van der Waals surface area contributed by atoms with Crippen molar-refractivity contribution in [2.45, 2.75) is 50.0 Å². The Morgan fingerprint density at radius 3 is 2.57 bits per heavy atom. The van der Waals surface area contributed by atoms with Crippen LogP contribution in [0.1, 0.15) is 38.5 Å². The third kappa shape index (κ3) is 3.51. The molecule has 2 rings (SSSR count). The number of nitrogens with zero attached hydrogens (tertiary/aromatic N) is 1. The Morgan fingerprint density at radius 2 is 2.00 bits per heavy atom. The summed E-state index contributed by atoms with van der Waals surface area (Å²) in [5.41, 5.74) is -1.68. The van der Waals surface area contributed by atoms with E-state index in [9.17, 15) is 27.1 Å². The molecule has 0 spiro atoms. The van der Waals surface area contributed by atoms with Gasteiger partial charge in [-0.2, -0.15) is 4.31 Å². The summed E-state index contributed by atoms with van der Waals surface area (Å²) < 4.78 is 59.0. The second-order valence-corrected chi connectivity index (χ2v) is 8.37. The average Bonchev–Trinajstić information content (AvgIpc) is 2.87. The number of carboxylic acid groups (broad SMARTS) is 1. The molecule has 1 aliphatic carbocycles. The largest absolute Gasteiger partial charge is 0.480 e. The first-order valence-electron chi connectivity index (χ1n) is 7.76. The second kappa shape index (κ2) is 6.60. The molecule has 23 heavy (non-hydrogen) atoms. The van der Waals surface area contributed by atoms with Crippen LogP contribution in [0, 0.1) is 5.92 Å². The molecule has 1 heterocycles. The number of alkyl halides is 2. The van der Waals surface area contributed by atoms with Gasteiger partial charge in [0.05, 0.1) is 12.4 Å². The van der Waals surface area contributed by atoms with Crippen molar-refractivity contribution < 1.29 is 31.8 Å². The minimum Gasteiger partial charge on any atom is -0.480 e. The molecule has 2 unspecified atom stereocenters. The molecule has 0 radical (unpaired) electrons. The van der Waals surface area contributed by atoms with E-state index >= 15 is 0 Å². The highest BCUT2D eigenvalue weighted by molar-refractivity contribution is 7.89. The first-order chi connectivity index (χ1) is 10.7. The molecular formula is C14H23F2NO5S. The van der Waals surface area contributed by atoms with Crippen molar-refractivity contribution in [3.63, 3.8) is 0 Å². The van der Waals surface area contributed by atoms with E-state index in [2.05, 4.69) is 0 Å². The number of carbonyl (C=O) groups is 1. The molecule has 9 heteroatoms. The lowest BCUT2D eigenvalue weighted by Crippen LogP contribution is -2.57. The summed E-state index contributed by atoms with van der Waals surface area (Å²) in [4.78, 5) is 11.7. The summed E-state index contributed by atoms with van der Waals surface area (Å²) in [6.45, 7) is -0.265. The molecule has 1 N–H and O–H groups in total. The van der Waals surface area contributed by atoms with Crippen molar-refractivity contribution in [2.75, 3.05) is 26.0 Å². The van der Waals surface area contributed by atoms with Crippen molar-refractivity contribution in [3.8, 4) is 0 Å². The third-order valence-corrected chi connectivity index (χ3v) is 6.89. The number of ether oxygens (including phenoxy) is 1. The molecule has 2 fully saturated rings. The van der Waals surface area contributed by atoms with Gasteiger partial charge in [0.15, 0.2) is 5.54 Å². The number of methoxy groups -OCH3 is 1. The average molecular weight is 355 g/mol. The highest BCUT2D eigenvalue weighted by Gasteiger charge is 2.54. The highest BCUT2D eigenvalue weighted by atomic mass is 32.2. The number of halogens is 2. The minimum atomic E-state index is -4.11. The SMILES string of the molecule is COCC1(C(=O)O)CCCN1S(=O)(=O)CC1CCCCC1(F)F. The molecule has 0 bridgehead atoms. The summed E-state index contributed by atoms with van der Waals surface area (Å²) >= 11 is 0. The summed E-state index contributed by atoms with van der Waals surface area (Å²) in [5, 5.41) is 9.50. The zero-order valence-corrected chi connectivity index (χ0v) is 13.9. The van der Waals surface area contributed by atoms with E-state index in [0.29, 0.717) is 19.3 Å². The number of rotatable bonds is 6. The molecule has 0 aromatic rings. The molecule has 1 aliphatic heterocycles. The topological polar surface area (TPSA) is 83.9 Å². The highest BCUT2D eigenvalue weighted by Crippen LogP contribution is 2.41. The molecule has 0 aromatic carbocycles. The summed E-state index contributed by atoms with van der Waals surface area (Å²) in [7, 11) is -2.82. The van der Waals surface area contributed by atoms with E-state index in [-0.39, 0.29) is 32.4 Å². The van der Waals surface area contributed by atoms with E-state index in [0.717, 1.165) is 4.31 Å². The molecule has 134 valence electrons. The van der Waals surface area contributed by atoms with Crippen LogP contribution in [-0.2, 0) is 19.6 Å². The van der Waals surface area contributed by atoms with Crippen molar-refractivity contribution in [2.24, 2.45) is 5.92 Å². The van der Waals surface area contributed by atoms with Gasteiger partial charge in [0.25, 0.3) is 5.92 Å². The van der Waals surface area contributed by atoms with Gasteiger partial charge in [-0.05, 0) is 25.7 Å². The van der Waals surface area contributed by atoms with Gasteiger partial charge in [0, 0.05) is 26.0 Å². The maximum absolute atomic E-state index is 14.0. The zero-order valence-electron chi connectivity index (χ0n) is 13.1. The van der Waals surface area contributed by atoms with Gasteiger partial charge in [-0.1, -0.05) is 6.42 Å². The fourth-order valence-electron chi connectivity index (χ4n) is 3.63. The van der Waals surface area contributed by atoms with Crippen molar-refractivity contribution >= 4 is 16.0 Å². The van der Waals surface area contributed by atoms with E-state index in [1.807, 2.05) is 0 Å². The van der Waals surface area contributed by atoms with E-state index in [4.69, 9.17) is 4.74 Å². The molecule has 0 aromatic heterocycles. The van der Waals surface area contributed by atoms with E-state index in [1.165, 1.54) is 7.11 Å². The van der Waals surface area contributed by atoms with E-state index < -0.39 is 39.1 Å². The Bertz CT molecular complexity index is 553. The number of carboxylic acids is 1. The molecule has 1 saturated carbocycles. The Balaban J connectivity index is 2.25. The van der Waals surface area contributed by atoms with E-state index in [1.54, 1.807) is 0 Å². The lowest BCUT2D eigenvalue weighted by molar-refractivity contribution is -0.150. The Hall–Kier alpha value is -0.800. The fourth-order valence-corrected chi connectivity index (χ4v) is 5.89. The lowest BCUT2D eigenvalue weighted by atomic mass is 9.87. The van der Waals surface area contributed by atoms with Gasteiger partial charge >= 0.3 is 5.97 Å². The van der Waals surface area contributed by atoms with Crippen LogP contribution in [0.2, 0.25) is 0 Å². The van der Waals surface area contributed by atoms with Gasteiger partial charge in [-0.25, -0.2) is 17.2 Å². The second-order valence-electron chi connectivity index (χ2n) is 6.43. The normalized spacial score (nSPS) is 32.0. The number of aliphatic carboxylic acids is 1. The van der Waals surface area contributed by atoms with Gasteiger partial charge in [-0.15, -0.1) is 0 Å². The summed E-state index contributed by atoms with van der Waals surface area (Å²) in [5.74, 6) is -6.27. The van der Waals surface area contributed by atoms with Crippen LogP contribution in [-0.4, -0.2) is 61.3 Å². The Kier molecular flexibility index (Phi) is 5.32. The van der Waals surface area contributed by atoms with Crippen LogP contribution in [0.25, 0.3) is 0 Å². The first kappa shape index (κ1) is 18.5. The monoisotopic (exact) mass is 355 g/mol. The quantitative estimate of drug-likeness (QED) is 0.784. The Morgan fingerprint density at radius 1 is 1.30 bits per heavy atom. The van der Waals surface area contributed by atoms with Gasteiger partial charge in [0.2, 0.25) is 10.0 Å². The molecule has 2 aliphatic rings. The van der Waals surface area contributed by atoms with Crippen LogP contribution in [0.15, 0.2) is 0 Å². The van der Waals surface area contributed by atoms with Crippen LogP contribution in [0.3, 0.4) is 0 Å². The molecule has 0 amide bonds. The van der Waals surface area contributed by atoms with Gasteiger partial charge < -0.3 is 9.84 Å². The molecule has 2 atom stereocenters. The maximum Gasteiger partial charge on any atom is 0.327 e. The minimum absolute atomic E-state index is 0.0241. The first-order valence-corrected chi connectivity index (χ1v) is 9.37. The van der Waals surface area contributed by atoms with Crippen LogP contribution < -0.4 is 0 Å². The maximum atomic E-state index is 14.0. The lowest BCUT2D eigenvalue weighted by Gasteiger charge is -2.36. The number of hydrogen-bond acceptors (Lipinski definition) is 4.